The van der Waals surface area contributed by atoms with Crippen LogP contribution in [0.4, 0.5) is 0 Å². The molecule has 0 aromatic heterocycles. The van der Waals surface area contributed by atoms with E-state index in [4.69, 9.17) is 106 Å². The first-order chi connectivity index (χ1) is 60.8. The first-order valence-corrected chi connectivity index (χ1v) is 44.0. The van der Waals surface area contributed by atoms with Crippen molar-refractivity contribution in [2.24, 2.45) is 29.6 Å². The lowest BCUT2D eigenvalue weighted by molar-refractivity contribution is 0.0725. The molecule has 0 amide bonds. The Balaban J connectivity index is 0.000000243. The van der Waals surface area contributed by atoms with E-state index in [0.717, 1.165) is 86.2 Å². The number of benzene rings is 10. The van der Waals surface area contributed by atoms with Crippen LogP contribution in [0.3, 0.4) is 0 Å². The van der Waals surface area contributed by atoms with E-state index in [-0.39, 0.29) is 0 Å². The highest BCUT2D eigenvalue weighted by molar-refractivity contribution is 6.33. The van der Waals surface area contributed by atoms with Gasteiger partial charge in [-0.05, 0) is 305 Å². The van der Waals surface area contributed by atoms with E-state index in [0.29, 0.717) is 157 Å². The van der Waals surface area contributed by atoms with E-state index in [9.17, 15) is 24.0 Å². The predicted octanol–water partition coefficient (Wildman–Crippen LogP) is 26.8. The van der Waals surface area contributed by atoms with E-state index in [1.54, 1.807) is 247 Å². The fraction of sp³-hybridized carbons (Fsp3) is 0.369. The fourth-order valence-corrected chi connectivity index (χ4v) is 12.0. The van der Waals surface area contributed by atoms with Crippen LogP contribution in [0.25, 0.3) is 0 Å². The van der Waals surface area contributed by atoms with Crippen molar-refractivity contribution in [1.82, 2.24) is 0 Å². The van der Waals surface area contributed by atoms with Gasteiger partial charge in [-0.1, -0.05) is 136 Å². The first-order valence-electron chi connectivity index (χ1n) is 42.9. The second-order valence-corrected chi connectivity index (χ2v) is 31.4. The fourth-order valence-electron chi connectivity index (χ4n) is 11.3. The van der Waals surface area contributed by atoms with Crippen LogP contribution in [0.15, 0.2) is 224 Å². The third-order valence-corrected chi connectivity index (χ3v) is 21.3. The molecule has 10 aromatic carbocycles. The summed E-state index contributed by atoms with van der Waals surface area (Å²) in [5, 5.41) is 1.17. The molecule has 0 heterocycles. The molecular formula is C103H123Cl3O20. The highest BCUT2D eigenvalue weighted by atomic mass is 35.5. The topological polar surface area (TPSA) is 224 Å². The Bertz CT molecular complexity index is 4690. The summed E-state index contributed by atoms with van der Waals surface area (Å²) in [7, 11) is 7.86. The van der Waals surface area contributed by atoms with Crippen LogP contribution in [-0.4, -0.2) is 98.4 Å². The van der Waals surface area contributed by atoms with Crippen LogP contribution in [-0.2, 0) is 0 Å². The molecule has 0 spiro atoms. The predicted molar refractivity (Wildman–Crippen MR) is 499 cm³/mol. The molecule has 23 heteroatoms. The lowest BCUT2D eigenvalue weighted by atomic mass is 10.0. The molecule has 0 bridgehead atoms. The molecule has 0 radical (unpaired) electrons. The quantitative estimate of drug-likeness (QED) is 0.0197. The Morgan fingerprint density at radius 3 is 0.690 bits per heavy atom. The van der Waals surface area contributed by atoms with E-state index in [1.807, 2.05) is 0 Å². The second-order valence-electron chi connectivity index (χ2n) is 30.2. The summed E-state index contributed by atoms with van der Waals surface area (Å²) in [6.07, 6.45) is 14.4. The normalized spacial score (nSPS) is 11.7. The number of methoxy groups -OCH3 is 5. The van der Waals surface area contributed by atoms with Gasteiger partial charge in [-0.3, -0.25) is 0 Å². The maximum Gasteiger partial charge on any atom is 0.343 e. The van der Waals surface area contributed by atoms with Crippen LogP contribution >= 0.6 is 34.8 Å². The number of hydrogen-bond donors (Lipinski definition) is 0. The van der Waals surface area contributed by atoms with Gasteiger partial charge in [0.05, 0.1) is 111 Å². The van der Waals surface area contributed by atoms with Gasteiger partial charge in [-0.25, -0.2) is 24.0 Å². The minimum absolute atomic E-state index is 0.362. The Hall–Kier alpha value is -11.6. The minimum atomic E-state index is -0.475. The first kappa shape index (κ1) is 103. The highest BCUT2D eigenvalue weighted by Gasteiger charge is 2.18. The van der Waals surface area contributed by atoms with Crippen LogP contribution < -0.4 is 71.1 Å². The molecule has 10 aromatic rings. The Morgan fingerprint density at radius 1 is 0.238 bits per heavy atom. The molecule has 0 fully saturated rings. The Labute approximate surface area is 759 Å². The number of carbonyl (C=O) groups is 5. The van der Waals surface area contributed by atoms with Crippen molar-refractivity contribution in [2.45, 2.75) is 153 Å². The van der Waals surface area contributed by atoms with Crippen molar-refractivity contribution >= 4 is 64.6 Å². The summed E-state index contributed by atoms with van der Waals surface area (Å²) in [5.74, 6) is 10.3. The summed E-state index contributed by atoms with van der Waals surface area (Å²) >= 11 is 18.5. The van der Waals surface area contributed by atoms with Crippen molar-refractivity contribution < 1.29 is 95.0 Å². The zero-order valence-corrected chi connectivity index (χ0v) is 77.5. The number of carbonyl (C=O) groups excluding carboxylic acids is 5. The molecule has 126 heavy (non-hydrogen) atoms. The van der Waals surface area contributed by atoms with Gasteiger partial charge in [0, 0.05) is 0 Å². The van der Waals surface area contributed by atoms with Gasteiger partial charge in [-0.15, -0.1) is 0 Å². The summed E-state index contributed by atoms with van der Waals surface area (Å²) < 4.78 is 80.6. The monoisotopic (exact) mass is 1780 g/mol. The third kappa shape index (κ3) is 38.5. The molecule has 0 N–H and O–H groups in total. The van der Waals surface area contributed by atoms with E-state index < -0.39 is 29.8 Å². The van der Waals surface area contributed by atoms with E-state index in [1.165, 1.54) is 45.3 Å². The highest BCUT2D eigenvalue weighted by Crippen LogP contribution is 2.32. The average molecular weight is 1790 g/mol. The largest absolute Gasteiger partial charge is 0.497 e. The lowest BCUT2D eigenvalue weighted by Crippen LogP contribution is -2.09. The maximum atomic E-state index is 12.2. The van der Waals surface area contributed by atoms with Gasteiger partial charge in [0.2, 0.25) is 0 Å². The van der Waals surface area contributed by atoms with Crippen LogP contribution in [0.1, 0.15) is 204 Å². The van der Waals surface area contributed by atoms with Gasteiger partial charge in [0.15, 0.2) is 0 Å². The van der Waals surface area contributed by atoms with Crippen LogP contribution in [0.5, 0.6) is 86.2 Å². The second kappa shape index (κ2) is 57.8. The molecule has 0 aliphatic rings. The molecule has 0 saturated heterocycles. The van der Waals surface area contributed by atoms with E-state index in [2.05, 4.69) is 69.2 Å². The van der Waals surface area contributed by atoms with Crippen molar-refractivity contribution in [3.63, 3.8) is 0 Å². The molecule has 0 aliphatic carbocycles. The minimum Gasteiger partial charge on any atom is -0.497 e. The third-order valence-electron chi connectivity index (χ3n) is 20.5. The van der Waals surface area contributed by atoms with Crippen molar-refractivity contribution in [2.75, 3.05) is 68.6 Å². The SMILES string of the molecule is CCC(C)CCCOc1ccc(C(=O)Oc2ccc(OC)cc2)cc1.CCC(C)CCCOc1ccc(C(=O)Oc2ccc(OC)cc2)cc1Cl.CCC(C)CCCOc1ccc(C(=O)Oc2ccc(OC)cc2)cc1Cl.CCC(C)CCCOc1ccc(OC(=O)c2ccc(OC)c(Cl)c2)cc1.CCC(C)COc1ccc(OC(=O)c2ccc(OC)cc2)cc1. The van der Waals surface area contributed by atoms with Crippen LogP contribution in [0.2, 0.25) is 15.1 Å². The summed E-state index contributed by atoms with van der Waals surface area (Å²) in [6, 6.07) is 63.1. The average Bonchev–Trinajstić information content (AvgIpc) is 0.857. The van der Waals surface area contributed by atoms with E-state index >= 15 is 0 Å². The zero-order chi connectivity index (χ0) is 91.6. The van der Waals surface area contributed by atoms with Gasteiger partial charge in [-0.2, -0.15) is 0 Å². The van der Waals surface area contributed by atoms with Crippen LogP contribution in [0, 0.1) is 29.6 Å². The number of esters is 5. The van der Waals surface area contributed by atoms with Gasteiger partial charge in [0.25, 0.3) is 0 Å². The van der Waals surface area contributed by atoms with Crippen molar-refractivity contribution in [3.05, 3.63) is 267 Å². The van der Waals surface area contributed by atoms with Gasteiger partial charge in [0.1, 0.15) is 86.2 Å². The molecular weight excluding hydrogens is 1660 g/mol. The van der Waals surface area contributed by atoms with Crippen molar-refractivity contribution in [1.29, 1.82) is 0 Å². The summed E-state index contributed by atoms with van der Waals surface area (Å²) in [4.78, 5) is 60.9. The molecule has 5 unspecified atom stereocenters. The number of ether oxygens (including phenoxy) is 15. The standard InChI is InChI=1S/3C21H25ClO4.C21H26O4.C19H22O4/c1-4-15(2)6-5-13-25-17-8-10-18(11-9-17)26-21(23)16-7-12-20(24-3)19(22)14-16;2*1-4-15(2)6-5-13-25-20-12-7-16(14-19(20)22)21(23)26-18-10-8-17(24-3)9-11-18;1-4-16(2)6-5-15-24-19-9-7-17(8-10-19)21(22)25-20-13-11-18(23-3)12-14-20;1-4-14(2)13-22-17-9-11-18(12-10-17)23-19(20)15-5-7-16(21-3)8-6-15/h3*7-12,14-15H,4-6,13H2,1-3H3;7-14,16H,4-6,15H2,1-3H3;5-12,14H,4,13H2,1-3H3. The lowest BCUT2D eigenvalue weighted by Gasteiger charge is -2.11. The molecule has 20 nitrogen and oxygen atoms in total. The number of halogens is 3. The zero-order valence-electron chi connectivity index (χ0n) is 75.3. The Kier molecular flexibility index (Phi) is 47.4. The smallest absolute Gasteiger partial charge is 0.343 e. The van der Waals surface area contributed by atoms with Gasteiger partial charge >= 0.3 is 29.8 Å². The molecule has 10 rings (SSSR count). The van der Waals surface area contributed by atoms with Gasteiger partial charge < -0.3 is 71.1 Å². The molecule has 0 saturated carbocycles. The molecule has 0 aliphatic heterocycles. The number of hydrogen-bond acceptors (Lipinski definition) is 20. The summed E-state index contributed by atoms with van der Waals surface area (Å²) in [6.45, 7) is 25.3. The van der Waals surface area contributed by atoms with Crippen molar-refractivity contribution in [3.8, 4) is 86.2 Å². The molecule has 5 atom stereocenters. The summed E-state index contributed by atoms with van der Waals surface area (Å²) in [5.41, 5.74) is 2.07. The maximum absolute atomic E-state index is 12.2. The number of rotatable bonds is 43. The Morgan fingerprint density at radius 2 is 0.444 bits per heavy atom. The molecule has 676 valence electrons.